The van der Waals surface area contributed by atoms with Crippen LogP contribution in [0.15, 0.2) is 54.6 Å². The van der Waals surface area contributed by atoms with Crippen molar-refractivity contribution >= 4 is 28.8 Å². The number of aromatic nitrogens is 3. The molecular weight excluding hydrogens is 509 g/mol. The van der Waals surface area contributed by atoms with E-state index in [-0.39, 0.29) is 12.5 Å². The lowest BCUT2D eigenvalue weighted by Gasteiger charge is -2.33. The van der Waals surface area contributed by atoms with Crippen LogP contribution in [0.25, 0.3) is 28.0 Å². The summed E-state index contributed by atoms with van der Waals surface area (Å²) in [6, 6.07) is 17.1. The zero-order valence-electron chi connectivity index (χ0n) is 21.2. The van der Waals surface area contributed by atoms with Gasteiger partial charge in [-0.15, -0.1) is 0 Å². The van der Waals surface area contributed by atoms with Crippen LogP contribution in [0.3, 0.4) is 0 Å². The fourth-order valence-corrected chi connectivity index (χ4v) is 5.24. The molecule has 8 heteroatoms. The summed E-state index contributed by atoms with van der Waals surface area (Å²) < 4.78 is 7.89. The number of halogens is 2. The maximum Gasteiger partial charge on any atom is 0.217 e. The van der Waals surface area contributed by atoms with Gasteiger partial charge < -0.3 is 14.9 Å². The molecular formula is C29H31Cl2N3O3. The lowest BCUT2D eigenvalue weighted by molar-refractivity contribution is 0.0163. The minimum atomic E-state index is -1.01. The molecule has 0 amide bonds. The third-order valence-corrected chi connectivity index (χ3v) is 7.49. The quantitative estimate of drug-likeness (QED) is 0.277. The van der Waals surface area contributed by atoms with E-state index in [1.165, 1.54) is 0 Å². The zero-order valence-corrected chi connectivity index (χ0v) is 22.7. The first-order valence-corrected chi connectivity index (χ1v) is 13.3. The third kappa shape index (κ3) is 5.63. The molecule has 0 atom stereocenters. The number of rotatable bonds is 6. The number of aliphatic hydroxyl groups is 2. The molecule has 4 aromatic rings. The van der Waals surface area contributed by atoms with E-state index >= 15 is 0 Å². The van der Waals surface area contributed by atoms with E-state index in [2.05, 4.69) is 0 Å². The Kier molecular flexibility index (Phi) is 6.96. The molecule has 0 saturated heterocycles. The second-order valence-corrected chi connectivity index (χ2v) is 11.7. The Balaban J connectivity index is 1.76. The number of benzene rings is 2. The summed E-state index contributed by atoms with van der Waals surface area (Å²) in [6.07, 6.45) is 3.03. The molecule has 0 bridgehead atoms. The largest absolute Gasteiger partial charge is 0.475 e. The van der Waals surface area contributed by atoms with Crippen LogP contribution in [0.1, 0.15) is 58.1 Å². The van der Waals surface area contributed by atoms with Crippen LogP contribution < -0.4 is 4.74 Å². The Bertz CT molecular complexity index is 1420. The summed E-state index contributed by atoms with van der Waals surface area (Å²) in [5, 5.41) is 27.2. The SMILES string of the molecule is CC(C)(O)COc1cc(C2CCC(C)(O)CC2)n2nc(-c3ccccc3Cl)c(-c3ccc(Cl)cc3)c2n1. The van der Waals surface area contributed by atoms with Crippen LogP contribution in [0, 0.1) is 0 Å². The topological polar surface area (TPSA) is 79.9 Å². The fraction of sp³-hybridized carbons (Fsp3) is 0.379. The molecule has 2 aromatic carbocycles. The average molecular weight is 540 g/mol. The van der Waals surface area contributed by atoms with Gasteiger partial charge in [0.1, 0.15) is 12.3 Å². The molecule has 2 aromatic heterocycles. The molecule has 2 heterocycles. The number of ether oxygens (including phenoxy) is 1. The molecule has 0 aliphatic heterocycles. The summed E-state index contributed by atoms with van der Waals surface area (Å²) in [6.45, 7) is 5.38. The standard InChI is InChI=1S/C29H31Cl2N3O3/c1-28(2,35)17-37-24-16-23(18-12-14-29(3,36)15-13-18)34-27(32-24)25(19-8-10-20(30)11-9-19)26(33-34)21-6-4-5-7-22(21)31/h4-11,16,18,35-36H,12-15,17H2,1-3H3. The van der Waals surface area contributed by atoms with Crippen molar-refractivity contribution in [2.24, 2.45) is 0 Å². The molecule has 2 N–H and O–H groups in total. The van der Waals surface area contributed by atoms with Gasteiger partial charge in [0.2, 0.25) is 5.88 Å². The Morgan fingerprint density at radius 2 is 1.76 bits per heavy atom. The van der Waals surface area contributed by atoms with E-state index in [9.17, 15) is 10.2 Å². The van der Waals surface area contributed by atoms with Crippen LogP contribution in [0.5, 0.6) is 5.88 Å². The molecule has 1 fully saturated rings. The van der Waals surface area contributed by atoms with Gasteiger partial charge in [0.25, 0.3) is 0 Å². The van der Waals surface area contributed by atoms with Gasteiger partial charge in [-0.1, -0.05) is 53.5 Å². The summed E-state index contributed by atoms with van der Waals surface area (Å²) in [5.74, 6) is 0.579. The number of hydrogen-bond donors (Lipinski definition) is 2. The van der Waals surface area contributed by atoms with Gasteiger partial charge in [0.05, 0.1) is 27.5 Å². The Morgan fingerprint density at radius 3 is 2.41 bits per heavy atom. The van der Waals surface area contributed by atoms with Crippen LogP contribution in [-0.2, 0) is 0 Å². The smallest absolute Gasteiger partial charge is 0.217 e. The van der Waals surface area contributed by atoms with Crippen LogP contribution in [0.4, 0.5) is 0 Å². The Hall–Kier alpha value is -2.64. The van der Waals surface area contributed by atoms with Gasteiger partial charge in [-0.2, -0.15) is 10.1 Å². The maximum absolute atomic E-state index is 10.6. The molecule has 0 radical (unpaired) electrons. The second kappa shape index (κ2) is 9.91. The van der Waals surface area contributed by atoms with Gasteiger partial charge in [-0.25, -0.2) is 4.52 Å². The Labute approximate surface area is 226 Å². The first-order chi connectivity index (χ1) is 17.5. The highest BCUT2D eigenvalue weighted by Gasteiger charge is 2.32. The van der Waals surface area contributed by atoms with E-state index in [0.29, 0.717) is 40.1 Å². The van der Waals surface area contributed by atoms with Crippen molar-refractivity contribution in [2.45, 2.75) is 63.6 Å². The lowest BCUT2D eigenvalue weighted by Crippen LogP contribution is -2.30. The highest BCUT2D eigenvalue weighted by Crippen LogP contribution is 2.42. The van der Waals surface area contributed by atoms with Gasteiger partial charge in [-0.05, 0) is 70.2 Å². The van der Waals surface area contributed by atoms with Crippen molar-refractivity contribution in [3.63, 3.8) is 0 Å². The zero-order chi connectivity index (χ0) is 26.4. The van der Waals surface area contributed by atoms with Crippen molar-refractivity contribution < 1.29 is 14.9 Å². The van der Waals surface area contributed by atoms with Crippen molar-refractivity contribution in [1.82, 2.24) is 14.6 Å². The van der Waals surface area contributed by atoms with Gasteiger partial charge in [0.15, 0.2) is 5.65 Å². The second-order valence-electron chi connectivity index (χ2n) is 10.8. The van der Waals surface area contributed by atoms with Crippen molar-refractivity contribution in [2.75, 3.05) is 6.61 Å². The van der Waals surface area contributed by atoms with E-state index in [1.54, 1.807) is 13.8 Å². The highest BCUT2D eigenvalue weighted by molar-refractivity contribution is 6.33. The van der Waals surface area contributed by atoms with E-state index in [4.69, 9.17) is 38.0 Å². The summed E-state index contributed by atoms with van der Waals surface area (Å²) in [5.41, 5.74) is 3.16. The minimum Gasteiger partial charge on any atom is -0.475 e. The summed E-state index contributed by atoms with van der Waals surface area (Å²) in [7, 11) is 0. The van der Waals surface area contributed by atoms with Crippen molar-refractivity contribution in [3.05, 3.63) is 70.3 Å². The maximum atomic E-state index is 10.6. The normalized spacial score (nSPS) is 20.4. The minimum absolute atomic E-state index is 0.0940. The number of nitrogens with zero attached hydrogens (tertiary/aromatic N) is 3. The third-order valence-electron chi connectivity index (χ3n) is 6.91. The average Bonchev–Trinajstić information content (AvgIpc) is 3.22. The molecule has 1 aliphatic carbocycles. The van der Waals surface area contributed by atoms with Gasteiger partial charge in [-0.3, -0.25) is 0 Å². The molecule has 0 spiro atoms. The monoisotopic (exact) mass is 539 g/mol. The first kappa shape index (κ1) is 26.0. The van der Waals surface area contributed by atoms with E-state index < -0.39 is 11.2 Å². The van der Waals surface area contributed by atoms with Gasteiger partial charge >= 0.3 is 0 Å². The van der Waals surface area contributed by atoms with Gasteiger partial charge in [0, 0.05) is 22.6 Å². The molecule has 194 valence electrons. The molecule has 1 aliphatic rings. The molecule has 5 rings (SSSR count). The van der Waals surface area contributed by atoms with Crippen molar-refractivity contribution in [3.8, 4) is 28.3 Å². The predicted octanol–water partition coefficient (Wildman–Crippen LogP) is 6.93. The number of fused-ring (bicyclic) bond motifs is 1. The molecule has 0 unspecified atom stereocenters. The van der Waals surface area contributed by atoms with Crippen LogP contribution in [0.2, 0.25) is 10.0 Å². The van der Waals surface area contributed by atoms with Crippen LogP contribution in [-0.4, -0.2) is 42.6 Å². The predicted molar refractivity (Wildman–Crippen MR) is 148 cm³/mol. The first-order valence-electron chi connectivity index (χ1n) is 12.5. The fourth-order valence-electron chi connectivity index (χ4n) is 4.89. The van der Waals surface area contributed by atoms with Crippen molar-refractivity contribution in [1.29, 1.82) is 0 Å². The highest BCUT2D eigenvalue weighted by atomic mass is 35.5. The molecule has 6 nitrogen and oxygen atoms in total. The molecule has 1 saturated carbocycles. The van der Waals surface area contributed by atoms with E-state index in [1.807, 2.05) is 66.0 Å². The summed E-state index contributed by atoms with van der Waals surface area (Å²) >= 11 is 12.9. The Morgan fingerprint density at radius 1 is 1.08 bits per heavy atom. The number of hydrogen-bond acceptors (Lipinski definition) is 5. The van der Waals surface area contributed by atoms with Crippen LogP contribution >= 0.6 is 23.2 Å². The lowest BCUT2D eigenvalue weighted by atomic mass is 9.78. The molecule has 37 heavy (non-hydrogen) atoms. The van der Waals surface area contributed by atoms with E-state index in [0.717, 1.165) is 35.2 Å². The summed E-state index contributed by atoms with van der Waals surface area (Å²) in [4.78, 5) is 4.88.